The van der Waals surface area contributed by atoms with Gasteiger partial charge in [-0.3, -0.25) is 4.79 Å². The zero-order chi connectivity index (χ0) is 18.3. The van der Waals surface area contributed by atoms with Crippen molar-refractivity contribution < 1.29 is 4.79 Å². The summed E-state index contributed by atoms with van der Waals surface area (Å²) in [5, 5.41) is 2.57. The van der Waals surface area contributed by atoms with Gasteiger partial charge in [-0.05, 0) is 36.4 Å². The van der Waals surface area contributed by atoms with E-state index in [1.54, 1.807) is 29.5 Å². The number of thiazole rings is 1. The maximum Gasteiger partial charge on any atom is 0.255 e. The molecular weight excluding hydrogens is 413 g/mol. The molecule has 0 unspecified atom stereocenters. The molecule has 134 valence electrons. The highest BCUT2D eigenvalue weighted by molar-refractivity contribution is 7.22. The molecule has 4 nitrogen and oxygen atoms in total. The molecule has 1 aliphatic rings. The Labute approximate surface area is 169 Å². The summed E-state index contributed by atoms with van der Waals surface area (Å²) < 4.78 is 1.07. The molecule has 0 saturated carbocycles. The first-order chi connectivity index (χ1) is 12.5. The summed E-state index contributed by atoms with van der Waals surface area (Å²) in [7, 11) is 0. The van der Waals surface area contributed by atoms with Crippen LogP contribution in [0.4, 0.5) is 5.13 Å². The highest BCUT2D eigenvalue weighted by Gasteiger charge is 2.25. The molecule has 1 fully saturated rings. The van der Waals surface area contributed by atoms with Gasteiger partial charge >= 0.3 is 0 Å². The molecule has 0 bridgehead atoms. The molecule has 1 aliphatic heterocycles. The van der Waals surface area contributed by atoms with E-state index < -0.39 is 0 Å². The number of aromatic nitrogens is 1. The quantitative estimate of drug-likeness (QED) is 0.564. The van der Waals surface area contributed by atoms with Crippen LogP contribution in [0, 0.1) is 0 Å². The summed E-state index contributed by atoms with van der Waals surface area (Å²) in [5.41, 5.74) is 1.43. The third-order valence-electron chi connectivity index (χ3n) is 4.34. The Kier molecular flexibility index (Phi) is 4.97. The van der Waals surface area contributed by atoms with E-state index in [1.807, 2.05) is 23.1 Å². The van der Waals surface area contributed by atoms with Crippen LogP contribution in [0.3, 0.4) is 0 Å². The Morgan fingerprint density at radius 2 is 1.65 bits per heavy atom. The number of carbonyl (C=O) groups is 1. The smallest absolute Gasteiger partial charge is 0.255 e. The van der Waals surface area contributed by atoms with Crippen LogP contribution in [0.1, 0.15) is 10.4 Å². The zero-order valence-corrected chi connectivity index (χ0v) is 16.7. The van der Waals surface area contributed by atoms with Crippen LogP contribution in [-0.2, 0) is 0 Å². The van der Waals surface area contributed by atoms with Crippen LogP contribution in [0.5, 0.6) is 0 Å². The minimum Gasteiger partial charge on any atom is -0.345 e. The van der Waals surface area contributed by atoms with Crippen molar-refractivity contribution in [3.05, 3.63) is 57.0 Å². The first kappa shape index (κ1) is 17.9. The minimum atomic E-state index is -0.0672. The number of halogens is 3. The van der Waals surface area contributed by atoms with Crippen molar-refractivity contribution in [1.82, 2.24) is 9.88 Å². The molecule has 1 saturated heterocycles. The molecule has 0 spiro atoms. The van der Waals surface area contributed by atoms with E-state index in [1.165, 1.54) is 0 Å². The van der Waals surface area contributed by atoms with E-state index in [-0.39, 0.29) is 5.91 Å². The summed E-state index contributed by atoms with van der Waals surface area (Å²) in [6.07, 6.45) is 0. The monoisotopic (exact) mass is 425 g/mol. The van der Waals surface area contributed by atoms with Crippen molar-refractivity contribution in [2.45, 2.75) is 0 Å². The Balaban J connectivity index is 1.47. The average molecular weight is 427 g/mol. The molecule has 3 aromatic rings. The number of hydrogen-bond acceptors (Lipinski definition) is 4. The number of benzene rings is 2. The van der Waals surface area contributed by atoms with E-state index in [0.29, 0.717) is 33.7 Å². The Morgan fingerprint density at radius 1 is 0.962 bits per heavy atom. The van der Waals surface area contributed by atoms with Crippen LogP contribution in [0.25, 0.3) is 10.2 Å². The van der Waals surface area contributed by atoms with Gasteiger partial charge in [-0.15, -0.1) is 0 Å². The van der Waals surface area contributed by atoms with Crippen LogP contribution in [-0.4, -0.2) is 42.0 Å². The van der Waals surface area contributed by atoms with Gasteiger partial charge in [-0.1, -0.05) is 46.1 Å². The minimum absolute atomic E-state index is 0.0672. The van der Waals surface area contributed by atoms with Crippen LogP contribution in [0.15, 0.2) is 36.4 Å². The normalized spacial score (nSPS) is 14.9. The van der Waals surface area contributed by atoms with Crippen molar-refractivity contribution in [2.75, 3.05) is 31.1 Å². The van der Waals surface area contributed by atoms with Gasteiger partial charge in [-0.2, -0.15) is 0 Å². The summed E-state index contributed by atoms with van der Waals surface area (Å²) >= 11 is 19.7. The van der Waals surface area contributed by atoms with Gasteiger partial charge in [0.05, 0.1) is 20.8 Å². The average Bonchev–Trinajstić information content (AvgIpc) is 3.04. The molecule has 0 aliphatic carbocycles. The van der Waals surface area contributed by atoms with Gasteiger partial charge in [-0.25, -0.2) is 4.98 Å². The molecule has 2 heterocycles. The molecular formula is C18H14Cl3N3OS. The molecule has 0 radical (unpaired) electrons. The Morgan fingerprint density at radius 3 is 2.38 bits per heavy atom. The van der Waals surface area contributed by atoms with Gasteiger partial charge < -0.3 is 9.80 Å². The highest BCUT2D eigenvalue weighted by Crippen LogP contribution is 2.31. The van der Waals surface area contributed by atoms with Crippen molar-refractivity contribution in [1.29, 1.82) is 0 Å². The van der Waals surface area contributed by atoms with Gasteiger partial charge in [0.1, 0.15) is 0 Å². The fraction of sp³-hybridized carbons (Fsp3) is 0.222. The number of hydrogen-bond donors (Lipinski definition) is 0. The topological polar surface area (TPSA) is 36.4 Å². The van der Waals surface area contributed by atoms with Crippen molar-refractivity contribution in [2.24, 2.45) is 0 Å². The predicted octanol–water partition coefficient (Wildman–Crippen LogP) is 5.22. The summed E-state index contributed by atoms with van der Waals surface area (Å²) in [6.45, 7) is 2.69. The lowest BCUT2D eigenvalue weighted by Gasteiger charge is -2.34. The fourth-order valence-corrected chi connectivity index (χ4v) is 4.74. The molecule has 1 amide bonds. The van der Waals surface area contributed by atoms with E-state index >= 15 is 0 Å². The maximum absolute atomic E-state index is 12.7. The highest BCUT2D eigenvalue weighted by atomic mass is 35.5. The van der Waals surface area contributed by atoms with Crippen LogP contribution < -0.4 is 4.90 Å². The van der Waals surface area contributed by atoms with Crippen molar-refractivity contribution in [3.63, 3.8) is 0 Å². The first-order valence-electron chi connectivity index (χ1n) is 8.06. The standard InChI is InChI=1S/C18H14Cl3N3OS/c19-11-1-3-13(14(21)9-11)17(25)23-5-7-24(8-6-23)18-22-15-4-2-12(20)10-16(15)26-18/h1-4,9-10H,5-8H2. The second kappa shape index (κ2) is 7.24. The maximum atomic E-state index is 12.7. The summed E-state index contributed by atoms with van der Waals surface area (Å²) in [5.74, 6) is -0.0672. The van der Waals surface area contributed by atoms with Crippen LogP contribution >= 0.6 is 46.1 Å². The van der Waals surface area contributed by atoms with E-state index in [0.717, 1.165) is 28.4 Å². The summed E-state index contributed by atoms with van der Waals surface area (Å²) in [4.78, 5) is 21.4. The van der Waals surface area contributed by atoms with Gasteiger partial charge in [0.25, 0.3) is 5.91 Å². The number of piperazine rings is 1. The number of anilines is 1. The van der Waals surface area contributed by atoms with E-state index in [9.17, 15) is 4.79 Å². The SMILES string of the molecule is O=C(c1ccc(Cl)cc1Cl)N1CCN(c2nc3ccc(Cl)cc3s2)CC1. The zero-order valence-electron chi connectivity index (χ0n) is 13.6. The first-order valence-corrected chi connectivity index (χ1v) is 10.0. The predicted molar refractivity (Wildman–Crippen MR) is 109 cm³/mol. The third-order valence-corrected chi connectivity index (χ3v) is 6.20. The molecule has 2 aromatic carbocycles. The molecule has 8 heteroatoms. The lowest BCUT2D eigenvalue weighted by molar-refractivity contribution is 0.0747. The molecule has 1 aromatic heterocycles. The van der Waals surface area contributed by atoms with E-state index in [2.05, 4.69) is 9.88 Å². The number of amides is 1. The third kappa shape index (κ3) is 3.49. The molecule has 26 heavy (non-hydrogen) atoms. The lowest BCUT2D eigenvalue weighted by atomic mass is 10.2. The lowest BCUT2D eigenvalue weighted by Crippen LogP contribution is -2.48. The summed E-state index contributed by atoms with van der Waals surface area (Å²) in [6, 6.07) is 10.7. The van der Waals surface area contributed by atoms with Gasteiger partial charge in [0.15, 0.2) is 5.13 Å². The largest absolute Gasteiger partial charge is 0.345 e. The number of fused-ring (bicyclic) bond motifs is 1. The molecule has 0 N–H and O–H groups in total. The van der Waals surface area contributed by atoms with Gasteiger partial charge in [0.2, 0.25) is 0 Å². The van der Waals surface area contributed by atoms with Crippen molar-refractivity contribution >= 4 is 67.4 Å². The Bertz CT molecular complexity index is 983. The van der Waals surface area contributed by atoms with Gasteiger partial charge in [0, 0.05) is 36.2 Å². The number of rotatable bonds is 2. The number of nitrogens with zero attached hydrogens (tertiary/aromatic N) is 3. The second-order valence-electron chi connectivity index (χ2n) is 6.01. The van der Waals surface area contributed by atoms with Crippen LogP contribution in [0.2, 0.25) is 15.1 Å². The molecule has 0 atom stereocenters. The van der Waals surface area contributed by atoms with E-state index in [4.69, 9.17) is 34.8 Å². The molecule has 4 rings (SSSR count). The Hall–Kier alpha value is -1.53. The van der Waals surface area contributed by atoms with Crippen molar-refractivity contribution in [3.8, 4) is 0 Å². The second-order valence-corrected chi connectivity index (χ2v) is 8.30. The fourth-order valence-electron chi connectivity index (χ4n) is 2.96. The number of carbonyl (C=O) groups excluding carboxylic acids is 1.